The highest BCUT2D eigenvalue weighted by Gasteiger charge is 2.08. The van der Waals surface area contributed by atoms with Crippen LogP contribution in [0.15, 0.2) is 0 Å². The zero-order valence-electron chi connectivity index (χ0n) is 23.0. The molecule has 0 aliphatic carbocycles. The van der Waals surface area contributed by atoms with E-state index in [4.69, 9.17) is 22.9 Å². The maximum Gasteiger partial charge on any atom is -0.00183 e. The van der Waals surface area contributed by atoms with Gasteiger partial charge in [-0.05, 0) is 130 Å². The molecule has 8 N–H and O–H groups in total. The first kappa shape index (κ1) is 33.8. The molecule has 6 nitrogen and oxygen atoms in total. The predicted octanol–water partition coefficient (Wildman–Crippen LogP) is 4.45. The van der Waals surface area contributed by atoms with Gasteiger partial charge in [0.25, 0.3) is 0 Å². The van der Waals surface area contributed by atoms with Gasteiger partial charge in [0.05, 0.1) is 0 Å². The fourth-order valence-electron chi connectivity index (χ4n) is 4.67. The van der Waals surface area contributed by atoms with Crippen molar-refractivity contribution in [3.05, 3.63) is 0 Å². The van der Waals surface area contributed by atoms with Gasteiger partial charge in [0.1, 0.15) is 0 Å². The smallest absolute Gasteiger partial charge is 0.00183 e. The van der Waals surface area contributed by atoms with E-state index in [0.29, 0.717) is 0 Å². The van der Waals surface area contributed by atoms with E-state index in [-0.39, 0.29) is 0 Å². The fraction of sp³-hybridized carbons (Fsp3) is 1.00. The Bertz CT molecular complexity index is 307. The lowest BCUT2D eigenvalue weighted by Gasteiger charge is -2.25. The van der Waals surface area contributed by atoms with Gasteiger partial charge in [-0.1, -0.05) is 51.4 Å². The summed E-state index contributed by atoms with van der Waals surface area (Å²) in [7, 11) is 0. The molecule has 0 rings (SSSR count). The lowest BCUT2D eigenvalue weighted by atomic mass is 10.1. The summed E-state index contributed by atoms with van der Waals surface area (Å²) in [5, 5.41) is 0. The third-order valence-electron chi connectivity index (χ3n) is 6.91. The van der Waals surface area contributed by atoms with E-state index in [9.17, 15) is 0 Å². The van der Waals surface area contributed by atoms with Crippen molar-refractivity contribution in [1.29, 1.82) is 0 Å². The second-order valence-electron chi connectivity index (χ2n) is 10.2. The summed E-state index contributed by atoms with van der Waals surface area (Å²) in [6, 6.07) is 0. The maximum absolute atomic E-state index is 5.65. The molecule has 0 unspecified atom stereocenters. The molecule has 0 aromatic carbocycles. The van der Waals surface area contributed by atoms with Crippen LogP contribution < -0.4 is 22.9 Å². The fourth-order valence-corrected chi connectivity index (χ4v) is 4.67. The minimum absolute atomic E-state index is 0.835. The molecule has 0 aliphatic rings. The second kappa shape index (κ2) is 29.0. The normalized spacial score (nSPS) is 11.8. The maximum atomic E-state index is 5.65. The van der Waals surface area contributed by atoms with Crippen LogP contribution in [0.25, 0.3) is 0 Å². The highest BCUT2D eigenvalue weighted by atomic mass is 15.1. The van der Waals surface area contributed by atoms with Gasteiger partial charge < -0.3 is 32.7 Å². The average Bonchev–Trinajstić information content (AvgIpc) is 2.84. The molecule has 0 spiro atoms. The highest BCUT2D eigenvalue weighted by molar-refractivity contribution is 4.64. The highest BCUT2D eigenvalue weighted by Crippen LogP contribution is 2.09. The Morgan fingerprint density at radius 2 is 0.412 bits per heavy atom. The molecule has 0 aromatic heterocycles. The van der Waals surface area contributed by atoms with Crippen molar-refractivity contribution in [2.45, 2.75) is 116 Å². The second-order valence-corrected chi connectivity index (χ2v) is 10.2. The average molecular weight is 485 g/mol. The Hall–Kier alpha value is -0.240. The molecule has 0 aliphatic heterocycles. The van der Waals surface area contributed by atoms with Crippen LogP contribution in [0.3, 0.4) is 0 Å². The zero-order chi connectivity index (χ0) is 25.0. The van der Waals surface area contributed by atoms with Crippen molar-refractivity contribution in [3.63, 3.8) is 0 Å². The third kappa shape index (κ3) is 24.9. The van der Waals surface area contributed by atoms with E-state index in [2.05, 4.69) is 9.80 Å². The Kier molecular flexibility index (Phi) is 28.8. The molecule has 6 heteroatoms. The largest absolute Gasteiger partial charge is 0.330 e. The molecule has 0 aromatic rings. The van der Waals surface area contributed by atoms with Gasteiger partial charge in [-0.2, -0.15) is 0 Å². The van der Waals surface area contributed by atoms with E-state index >= 15 is 0 Å². The summed E-state index contributed by atoms with van der Waals surface area (Å²) >= 11 is 0. The van der Waals surface area contributed by atoms with Crippen LogP contribution in [0.4, 0.5) is 0 Å². The molecule has 0 bridgehead atoms. The standard InChI is InChI=1S/C28H64N6/c29-19-9-1-5-13-23-33(24-14-6-2-10-20-30)27-17-18-28-34(25-15-7-3-11-21-31)26-16-8-4-12-22-32/h1-32H2. The minimum atomic E-state index is 0.835. The quantitative estimate of drug-likeness (QED) is 0.117. The molecule has 0 atom stereocenters. The summed E-state index contributed by atoms with van der Waals surface area (Å²) in [6.45, 7) is 10.9. The summed E-state index contributed by atoms with van der Waals surface area (Å²) in [6.07, 6.45) is 23.0. The van der Waals surface area contributed by atoms with Crippen LogP contribution in [0.1, 0.15) is 116 Å². The van der Waals surface area contributed by atoms with Gasteiger partial charge in [0, 0.05) is 0 Å². The van der Waals surface area contributed by atoms with Gasteiger partial charge in [-0.25, -0.2) is 0 Å². The van der Waals surface area contributed by atoms with Gasteiger partial charge >= 0.3 is 0 Å². The molecule has 0 radical (unpaired) electrons. The number of hydrogen-bond donors (Lipinski definition) is 4. The van der Waals surface area contributed by atoms with E-state index in [1.54, 1.807) is 0 Å². The molecule has 0 amide bonds. The Balaban J connectivity index is 4.28. The van der Waals surface area contributed by atoms with Crippen molar-refractivity contribution in [1.82, 2.24) is 9.80 Å². The van der Waals surface area contributed by atoms with Crippen LogP contribution in [0.5, 0.6) is 0 Å². The Labute approximate surface area is 213 Å². The molecular weight excluding hydrogens is 420 g/mol. The molecule has 0 heterocycles. The summed E-state index contributed by atoms with van der Waals surface area (Å²) in [5.74, 6) is 0. The summed E-state index contributed by atoms with van der Waals surface area (Å²) in [5.41, 5.74) is 22.6. The number of unbranched alkanes of at least 4 members (excludes halogenated alkanes) is 13. The van der Waals surface area contributed by atoms with E-state index in [1.165, 1.54) is 155 Å². The zero-order valence-corrected chi connectivity index (χ0v) is 23.0. The van der Waals surface area contributed by atoms with E-state index in [1.807, 2.05) is 0 Å². The summed E-state index contributed by atoms with van der Waals surface area (Å²) < 4.78 is 0. The monoisotopic (exact) mass is 485 g/mol. The summed E-state index contributed by atoms with van der Waals surface area (Å²) in [4.78, 5) is 5.46. The predicted molar refractivity (Wildman–Crippen MR) is 152 cm³/mol. The van der Waals surface area contributed by atoms with Crippen molar-refractivity contribution in [2.75, 3.05) is 65.4 Å². The Morgan fingerprint density at radius 3 is 0.618 bits per heavy atom. The molecule has 0 fully saturated rings. The van der Waals surface area contributed by atoms with Crippen LogP contribution in [-0.4, -0.2) is 75.2 Å². The van der Waals surface area contributed by atoms with E-state index < -0.39 is 0 Å². The third-order valence-corrected chi connectivity index (χ3v) is 6.91. The topological polar surface area (TPSA) is 111 Å². The van der Waals surface area contributed by atoms with Gasteiger partial charge in [-0.3, -0.25) is 0 Å². The first-order chi connectivity index (χ1) is 16.8. The number of hydrogen-bond acceptors (Lipinski definition) is 6. The van der Waals surface area contributed by atoms with Gasteiger partial charge in [-0.15, -0.1) is 0 Å². The molecule has 0 saturated carbocycles. The number of nitrogens with zero attached hydrogens (tertiary/aromatic N) is 2. The SMILES string of the molecule is NCCCCCCN(CCCCCCN)CCCCN(CCCCCCN)CCCCCCN. The number of nitrogens with two attached hydrogens (primary N) is 4. The lowest BCUT2D eigenvalue weighted by molar-refractivity contribution is 0.229. The first-order valence-corrected chi connectivity index (χ1v) is 15.0. The Morgan fingerprint density at radius 1 is 0.235 bits per heavy atom. The van der Waals surface area contributed by atoms with Gasteiger partial charge in [0.2, 0.25) is 0 Å². The number of rotatable bonds is 29. The minimum Gasteiger partial charge on any atom is -0.330 e. The molecule has 34 heavy (non-hydrogen) atoms. The first-order valence-electron chi connectivity index (χ1n) is 15.0. The molecule has 206 valence electrons. The van der Waals surface area contributed by atoms with Crippen LogP contribution in [-0.2, 0) is 0 Å². The molecular formula is C28H64N6. The van der Waals surface area contributed by atoms with Crippen molar-refractivity contribution >= 4 is 0 Å². The van der Waals surface area contributed by atoms with Crippen molar-refractivity contribution in [3.8, 4) is 0 Å². The van der Waals surface area contributed by atoms with Crippen LogP contribution >= 0.6 is 0 Å². The van der Waals surface area contributed by atoms with E-state index in [0.717, 1.165) is 26.2 Å². The van der Waals surface area contributed by atoms with Crippen LogP contribution in [0, 0.1) is 0 Å². The molecule has 0 saturated heterocycles. The van der Waals surface area contributed by atoms with Crippen LogP contribution in [0.2, 0.25) is 0 Å². The van der Waals surface area contributed by atoms with Gasteiger partial charge in [0.15, 0.2) is 0 Å². The lowest BCUT2D eigenvalue weighted by Crippen LogP contribution is -2.30. The van der Waals surface area contributed by atoms with Crippen molar-refractivity contribution < 1.29 is 0 Å². The van der Waals surface area contributed by atoms with Crippen molar-refractivity contribution in [2.24, 2.45) is 22.9 Å².